The molecule has 1 N–H and O–H groups in total. The zero-order valence-electron chi connectivity index (χ0n) is 8.55. The fraction of sp³-hybridized carbons (Fsp3) is 0.300. The molecule has 0 atom stereocenters. The molecule has 0 aliphatic heterocycles. The Morgan fingerprint density at radius 2 is 2.13 bits per heavy atom. The van der Waals surface area contributed by atoms with Crippen LogP contribution >= 0.6 is 0 Å². The van der Waals surface area contributed by atoms with Crippen molar-refractivity contribution in [2.45, 2.75) is 13.5 Å². The van der Waals surface area contributed by atoms with Crippen molar-refractivity contribution >= 4 is 5.91 Å². The molecule has 0 radical (unpaired) electrons. The zero-order valence-corrected chi connectivity index (χ0v) is 8.55. The van der Waals surface area contributed by atoms with Gasteiger partial charge in [0, 0.05) is 32.1 Å². The highest BCUT2D eigenvalue weighted by Gasteiger charge is 2.05. The van der Waals surface area contributed by atoms with E-state index in [0.717, 1.165) is 6.07 Å². The number of nitrogens with zero attached hydrogens (tertiary/aromatic N) is 1. The smallest absolute Gasteiger partial charge is 0.233 e. The first-order chi connectivity index (χ1) is 7.00. The molecule has 0 aromatic heterocycles. The summed E-state index contributed by atoms with van der Waals surface area (Å²) < 4.78 is 25.7. The fourth-order valence-electron chi connectivity index (χ4n) is 0.980. The lowest BCUT2D eigenvalue weighted by molar-refractivity contribution is -0.130. The van der Waals surface area contributed by atoms with Gasteiger partial charge in [-0.25, -0.2) is 14.2 Å². The molecule has 82 valence electrons. The summed E-state index contributed by atoms with van der Waals surface area (Å²) >= 11 is 0. The van der Waals surface area contributed by atoms with Crippen molar-refractivity contribution in [3.8, 4) is 0 Å². The summed E-state index contributed by atoms with van der Waals surface area (Å²) in [5, 5.41) is 1.24. The third-order valence-corrected chi connectivity index (χ3v) is 1.99. The first kappa shape index (κ1) is 11.6. The molecule has 0 bridgehead atoms. The number of halogens is 2. The van der Waals surface area contributed by atoms with Crippen molar-refractivity contribution in [2.75, 3.05) is 7.05 Å². The maximum Gasteiger partial charge on any atom is 0.233 e. The Balaban J connectivity index is 2.62. The molecule has 0 heterocycles. The molecule has 1 amide bonds. The van der Waals surface area contributed by atoms with E-state index >= 15 is 0 Å². The molecule has 1 aromatic carbocycles. The van der Waals surface area contributed by atoms with E-state index in [2.05, 4.69) is 5.43 Å². The van der Waals surface area contributed by atoms with Gasteiger partial charge < -0.3 is 0 Å². The van der Waals surface area contributed by atoms with Gasteiger partial charge in [0.1, 0.15) is 11.6 Å². The number of hydrogen-bond donors (Lipinski definition) is 1. The standard InChI is InChI=1S/C10H12F2N2O/c1-7(15)14(2)13-6-8-3-4-9(11)5-10(8)12/h3-5,13H,6H2,1-2H3. The second-order valence-corrected chi connectivity index (χ2v) is 3.15. The minimum absolute atomic E-state index is 0.141. The summed E-state index contributed by atoms with van der Waals surface area (Å²) in [6.07, 6.45) is 0. The average molecular weight is 214 g/mol. The highest BCUT2D eigenvalue weighted by Crippen LogP contribution is 2.08. The first-order valence-electron chi connectivity index (χ1n) is 4.42. The Kier molecular flexibility index (Phi) is 3.74. The van der Waals surface area contributed by atoms with Gasteiger partial charge in [-0.15, -0.1) is 0 Å². The van der Waals surface area contributed by atoms with Crippen LogP contribution in [-0.2, 0) is 11.3 Å². The van der Waals surface area contributed by atoms with E-state index in [1.807, 2.05) is 0 Å². The van der Waals surface area contributed by atoms with E-state index in [9.17, 15) is 13.6 Å². The molecule has 0 aliphatic rings. The van der Waals surface area contributed by atoms with Gasteiger partial charge >= 0.3 is 0 Å². The van der Waals surface area contributed by atoms with Gasteiger partial charge in [0.05, 0.1) is 0 Å². The Labute approximate surface area is 86.7 Å². The Morgan fingerprint density at radius 3 is 2.67 bits per heavy atom. The van der Waals surface area contributed by atoms with Crippen LogP contribution in [0.25, 0.3) is 0 Å². The van der Waals surface area contributed by atoms with Crippen LogP contribution in [0.4, 0.5) is 8.78 Å². The minimum Gasteiger partial charge on any atom is -0.281 e. The molecule has 0 fully saturated rings. The Bertz CT molecular complexity index is 368. The van der Waals surface area contributed by atoms with E-state index in [1.54, 1.807) is 0 Å². The highest BCUT2D eigenvalue weighted by atomic mass is 19.1. The normalized spacial score (nSPS) is 10.1. The fourth-order valence-corrected chi connectivity index (χ4v) is 0.980. The number of nitrogens with one attached hydrogen (secondary N) is 1. The Hall–Kier alpha value is -1.49. The van der Waals surface area contributed by atoms with Gasteiger partial charge in [-0.2, -0.15) is 0 Å². The molecule has 0 aliphatic carbocycles. The van der Waals surface area contributed by atoms with Gasteiger partial charge in [0.2, 0.25) is 5.91 Å². The predicted octanol–water partition coefficient (Wildman–Crippen LogP) is 1.45. The molecule has 0 saturated heterocycles. The van der Waals surface area contributed by atoms with Crippen molar-refractivity contribution in [1.82, 2.24) is 10.4 Å². The average Bonchev–Trinajstić information content (AvgIpc) is 2.15. The van der Waals surface area contributed by atoms with Gasteiger partial charge in [-0.3, -0.25) is 9.80 Å². The largest absolute Gasteiger partial charge is 0.281 e. The number of carbonyl (C=O) groups is 1. The minimum atomic E-state index is -0.626. The van der Waals surface area contributed by atoms with Gasteiger partial charge in [-0.1, -0.05) is 6.07 Å². The second kappa shape index (κ2) is 4.84. The van der Waals surface area contributed by atoms with E-state index < -0.39 is 11.6 Å². The summed E-state index contributed by atoms with van der Waals surface area (Å²) in [4.78, 5) is 10.8. The molecule has 3 nitrogen and oxygen atoms in total. The van der Waals surface area contributed by atoms with E-state index in [1.165, 1.54) is 31.1 Å². The zero-order chi connectivity index (χ0) is 11.4. The van der Waals surface area contributed by atoms with E-state index in [0.29, 0.717) is 5.56 Å². The van der Waals surface area contributed by atoms with Gasteiger partial charge in [0.25, 0.3) is 0 Å². The number of hydrazine groups is 1. The molecule has 15 heavy (non-hydrogen) atoms. The van der Waals surface area contributed by atoms with Crippen LogP contribution in [0.3, 0.4) is 0 Å². The lowest BCUT2D eigenvalue weighted by Crippen LogP contribution is -2.37. The lowest BCUT2D eigenvalue weighted by atomic mass is 10.2. The van der Waals surface area contributed by atoms with Crippen LogP contribution in [0.1, 0.15) is 12.5 Å². The number of carbonyl (C=O) groups excluding carboxylic acids is 1. The van der Waals surface area contributed by atoms with Gasteiger partial charge in [0.15, 0.2) is 0 Å². The molecular formula is C10H12F2N2O. The number of rotatable bonds is 3. The quantitative estimate of drug-likeness (QED) is 0.772. The van der Waals surface area contributed by atoms with Crippen LogP contribution < -0.4 is 5.43 Å². The van der Waals surface area contributed by atoms with Crippen molar-refractivity contribution in [3.63, 3.8) is 0 Å². The summed E-state index contributed by atoms with van der Waals surface area (Å²) in [6.45, 7) is 1.52. The van der Waals surface area contributed by atoms with Crippen LogP contribution in [0.2, 0.25) is 0 Å². The molecule has 5 heteroatoms. The molecule has 0 saturated carbocycles. The van der Waals surface area contributed by atoms with Crippen molar-refractivity contribution in [2.24, 2.45) is 0 Å². The molecular weight excluding hydrogens is 202 g/mol. The third kappa shape index (κ3) is 3.28. The molecule has 0 unspecified atom stereocenters. The number of amides is 1. The number of benzene rings is 1. The summed E-state index contributed by atoms with van der Waals surface area (Å²) in [7, 11) is 1.53. The third-order valence-electron chi connectivity index (χ3n) is 1.99. The monoisotopic (exact) mass is 214 g/mol. The summed E-state index contributed by atoms with van der Waals surface area (Å²) in [6, 6.07) is 3.32. The van der Waals surface area contributed by atoms with Crippen molar-refractivity contribution < 1.29 is 13.6 Å². The van der Waals surface area contributed by atoms with E-state index in [4.69, 9.17) is 0 Å². The maximum atomic E-state index is 13.1. The highest BCUT2D eigenvalue weighted by molar-refractivity contribution is 5.72. The maximum absolute atomic E-state index is 13.1. The Morgan fingerprint density at radius 1 is 1.47 bits per heavy atom. The predicted molar refractivity (Wildman–Crippen MR) is 51.6 cm³/mol. The van der Waals surface area contributed by atoms with Crippen molar-refractivity contribution in [1.29, 1.82) is 0 Å². The first-order valence-corrected chi connectivity index (χ1v) is 4.42. The summed E-state index contributed by atoms with van der Waals surface area (Å²) in [5.74, 6) is -1.42. The van der Waals surface area contributed by atoms with Crippen LogP contribution in [-0.4, -0.2) is 18.0 Å². The van der Waals surface area contributed by atoms with Crippen LogP contribution in [0.15, 0.2) is 18.2 Å². The van der Waals surface area contributed by atoms with Crippen molar-refractivity contribution in [3.05, 3.63) is 35.4 Å². The lowest BCUT2D eigenvalue weighted by Gasteiger charge is -2.16. The topological polar surface area (TPSA) is 32.3 Å². The second-order valence-electron chi connectivity index (χ2n) is 3.15. The van der Waals surface area contributed by atoms with E-state index in [-0.39, 0.29) is 12.5 Å². The van der Waals surface area contributed by atoms with Gasteiger partial charge in [-0.05, 0) is 6.07 Å². The molecule has 1 aromatic rings. The SMILES string of the molecule is CC(=O)N(C)NCc1ccc(F)cc1F. The number of hydrogen-bond acceptors (Lipinski definition) is 2. The van der Waals surface area contributed by atoms with Crippen LogP contribution in [0.5, 0.6) is 0 Å². The summed E-state index contributed by atoms with van der Waals surface area (Å²) in [5.41, 5.74) is 2.99. The van der Waals surface area contributed by atoms with Crippen LogP contribution in [0, 0.1) is 11.6 Å². The molecule has 1 rings (SSSR count). The molecule has 0 spiro atoms.